The summed E-state index contributed by atoms with van der Waals surface area (Å²) in [6.45, 7) is 14.6. The summed E-state index contributed by atoms with van der Waals surface area (Å²) in [6, 6.07) is 17.1. The fourth-order valence-electron chi connectivity index (χ4n) is 3.79. The molecule has 0 atom stereocenters. The molecule has 192 valence electrons. The third-order valence-electron chi connectivity index (χ3n) is 5.93. The van der Waals surface area contributed by atoms with Gasteiger partial charge >= 0.3 is 0 Å². The molecule has 2 aromatic carbocycles. The minimum atomic E-state index is -0.282. The number of nitrogens with zero attached hydrogens (tertiary/aromatic N) is 3. The van der Waals surface area contributed by atoms with Gasteiger partial charge in [0.2, 0.25) is 5.91 Å². The number of ether oxygens (including phenoxy) is 1. The summed E-state index contributed by atoms with van der Waals surface area (Å²) >= 11 is 0. The quantitative estimate of drug-likeness (QED) is 0.442. The predicted molar refractivity (Wildman–Crippen MR) is 144 cm³/mol. The number of aromatic nitrogens is 2. The van der Waals surface area contributed by atoms with Crippen LogP contribution in [0.25, 0.3) is 5.69 Å². The van der Waals surface area contributed by atoms with E-state index in [0.717, 1.165) is 22.5 Å². The van der Waals surface area contributed by atoms with Gasteiger partial charge in [0.1, 0.15) is 18.1 Å². The molecule has 1 heterocycles. The number of hydrogen-bond donors (Lipinski definition) is 1. The van der Waals surface area contributed by atoms with Crippen LogP contribution in [0, 0.1) is 19.8 Å². The van der Waals surface area contributed by atoms with Crippen molar-refractivity contribution in [3.63, 3.8) is 0 Å². The molecule has 7 nitrogen and oxygen atoms in total. The maximum atomic E-state index is 13.2. The number of carbonyl (C=O) groups is 2. The van der Waals surface area contributed by atoms with Crippen LogP contribution in [0.2, 0.25) is 0 Å². The van der Waals surface area contributed by atoms with Gasteiger partial charge in [0.15, 0.2) is 6.61 Å². The molecule has 0 aliphatic carbocycles. The molecule has 36 heavy (non-hydrogen) atoms. The Kier molecular flexibility index (Phi) is 8.56. The highest BCUT2D eigenvalue weighted by Gasteiger charge is 2.24. The van der Waals surface area contributed by atoms with Gasteiger partial charge in [-0.05, 0) is 49.1 Å². The molecule has 1 N–H and O–H groups in total. The molecular formula is C29H38N4O3. The molecule has 0 unspecified atom stereocenters. The van der Waals surface area contributed by atoms with Crippen molar-refractivity contribution in [3.8, 4) is 11.4 Å². The Bertz CT molecular complexity index is 1190. The molecule has 1 aromatic heterocycles. The van der Waals surface area contributed by atoms with Gasteiger partial charge in [-0.3, -0.25) is 9.59 Å². The minimum absolute atomic E-state index is 0.0714. The molecule has 0 bridgehead atoms. The zero-order chi connectivity index (χ0) is 26.5. The zero-order valence-electron chi connectivity index (χ0n) is 22.5. The lowest BCUT2D eigenvalue weighted by Gasteiger charge is -2.24. The number of amides is 2. The Morgan fingerprint density at radius 3 is 2.39 bits per heavy atom. The molecular weight excluding hydrogens is 452 g/mol. The fraction of sp³-hybridized carbons (Fsp3) is 0.414. The van der Waals surface area contributed by atoms with Crippen LogP contribution < -0.4 is 10.1 Å². The summed E-state index contributed by atoms with van der Waals surface area (Å²) in [5.74, 6) is 0.881. The largest absolute Gasteiger partial charge is 0.484 e. The topological polar surface area (TPSA) is 76.5 Å². The van der Waals surface area contributed by atoms with Crippen LogP contribution >= 0.6 is 0 Å². The first-order valence-corrected chi connectivity index (χ1v) is 12.4. The molecule has 3 aromatic rings. The van der Waals surface area contributed by atoms with Gasteiger partial charge < -0.3 is 15.0 Å². The van der Waals surface area contributed by atoms with Gasteiger partial charge in [0, 0.05) is 18.0 Å². The van der Waals surface area contributed by atoms with E-state index in [1.54, 1.807) is 21.7 Å². The molecule has 0 radical (unpaired) electrons. The molecule has 0 aliphatic rings. The second-order valence-electron chi connectivity index (χ2n) is 10.6. The van der Waals surface area contributed by atoms with Gasteiger partial charge in [-0.2, -0.15) is 5.10 Å². The fourth-order valence-corrected chi connectivity index (χ4v) is 3.79. The molecule has 0 spiro atoms. The van der Waals surface area contributed by atoms with Crippen LogP contribution in [-0.4, -0.2) is 46.2 Å². The molecule has 7 heteroatoms. The van der Waals surface area contributed by atoms with Crippen LogP contribution in [0.4, 0.5) is 5.82 Å². The number of para-hydroxylation sites is 1. The van der Waals surface area contributed by atoms with Gasteiger partial charge in [-0.15, -0.1) is 0 Å². The molecule has 0 saturated carbocycles. The van der Waals surface area contributed by atoms with Crippen molar-refractivity contribution in [2.24, 2.45) is 5.92 Å². The number of aryl methyl sites for hydroxylation is 1. The Hall–Kier alpha value is -3.61. The van der Waals surface area contributed by atoms with E-state index in [0.29, 0.717) is 18.1 Å². The summed E-state index contributed by atoms with van der Waals surface area (Å²) in [5, 5.41) is 7.84. The Morgan fingerprint density at radius 1 is 1.06 bits per heavy atom. The van der Waals surface area contributed by atoms with Crippen molar-refractivity contribution in [2.45, 2.75) is 53.9 Å². The number of carbonyl (C=O) groups excluding carboxylic acids is 2. The van der Waals surface area contributed by atoms with E-state index in [2.05, 4.69) is 39.1 Å². The summed E-state index contributed by atoms with van der Waals surface area (Å²) < 4.78 is 7.42. The first kappa shape index (κ1) is 27.0. The first-order chi connectivity index (χ1) is 17.0. The highest BCUT2D eigenvalue weighted by Crippen LogP contribution is 2.28. The van der Waals surface area contributed by atoms with Crippen molar-refractivity contribution >= 4 is 17.6 Å². The van der Waals surface area contributed by atoms with Crippen molar-refractivity contribution < 1.29 is 14.3 Å². The van der Waals surface area contributed by atoms with E-state index in [1.165, 1.54) is 0 Å². The van der Waals surface area contributed by atoms with Crippen molar-refractivity contribution in [1.82, 2.24) is 14.7 Å². The van der Waals surface area contributed by atoms with Crippen LogP contribution in [0.15, 0.2) is 54.6 Å². The zero-order valence-corrected chi connectivity index (χ0v) is 22.5. The maximum absolute atomic E-state index is 13.2. The summed E-state index contributed by atoms with van der Waals surface area (Å²) in [6.07, 6.45) is 0. The molecule has 3 rings (SSSR count). The van der Waals surface area contributed by atoms with Crippen molar-refractivity contribution in [3.05, 3.63) is 71.4 Å². The standard InChI is InChI=1S/C29H38N4O3/c1-20(2)17-32(28(35)19-36-23-13-9-8-10-14-23)18-27(34)30-26-16-25(29(5,6)7)31-33(26)24-15-11-12-21(3)22(24)4/h8-16,20H,17-19H2,1-7H3,(H,30,34). The van der Waals surface area contributed by atoms with Gasteiger partial charge in [-0.25, -0.2) is 4.68 Å². The lowest BCUT2D eigenvalue weighted by molar-refractivity contribution is -0.137. The molecule has 0 aliphatic heterocycles. The molecule has 0 saturated heterocycles. The lowest BCUT2D eigenvalue weighted by atomic mass is 9.92. The van der Waals surface area contributed by atoms with Gasteiger partial charge in [0.05, 0.1) is 11.4 Å². The summed E-state index contributed by atoms with van der Waals surface area (Å²) in [4.78, 5) is 27.7. The Morgan fingerprint density at radius 2 is 1.75 bits per heavy atom. The van der Waals surface area contributed by atoms with Crippen molar-refractivity contribution in [2.75, 3.05) is 25.0 Å². The molecule has 0 fully saturated rings. The average molecular weight is 491 g/mol. The van der Waals surface area contributed by atoms with E-state index in [4.69, 9.17) is 9.84 Å². The predicted octanol–water partition coefficient (Wildman–Crippen LogP) is 5.29. The minimum Gasteiger partial charge on any atom is -0.484 e. The van der Waals surface area contributed by atoms with E-state index >= 15 is 0 Å². The number of rotatable bonds is 9. The van der Waals surface area contributed by atoms with E-state index < -0.39 is 0 Å². The van der Waals surface area contributed by atoms with Crippen LogP contribution in [-0.2, 0) is 15.0 Å². The number of benzene rings is 2. The van der Waals surface area contributed by atoms with Gasteiger partial charge in [-0.1, -0.05) is 65.0 Å². The highest BCUT2D eigenvalue weighted by atomic mass is 16.5. The molecule has 2 amide bonds. The maximum Gasteiger partial charge on any atom is 0.260 e. The Balaban J connectivity index is 1.81. The van der Waals surface area contributed by atoms with Gasteiger partial charge in [0.25, 0.3) is 5.91 Å². The highest BCUT2D eigenvalue weighted by molar-refractivity contribution is 5.94. The normalized spacial score (nSPS) is 11.4. The van der Waals surface area contributed by atoms with Crippen molar-refractivity contribution in [1.29, 1.82) is 0 Å². The van der Waals surface area contributed by atoms with Crippen LogP contribution in [0.3, 0.4) is 0 Å². The average Bonchev–Trinajstić information content (AvgIpc) is 3.23. The van der Waals surface area contributed by atoms with E-state index in [-0.39, 0.29) is 36.3 Å². The summed E-state index contributed by atoms with van der Waals surface area (Å²) in [5.41, 5.74) is 3.81. The smallest absolute Gasteiger partial charge is 0.260 e. The second kappa shape index (κ2) is 11.4. The first-order valence-electron chi connectivity index (χ1n) is 12.4. The van der Waals surface area contributed by atoms with E-state index in [1.807, 2.05) is 57.2 Å². The monoisotopic (exact) mass is 490 g/mol. The third-order valence-corrected chi connectivity index (χ3v) is 5.93. The number of hydrogen-bond acceptors (Lipinski definition) is 4. The lowest BCUT2D eigenvalue weighted by Crippen LogP contribution is -2.42. The number of nitrogens with one attached hydrogen (secondary N) is 1. The number of anilines is 1. The van der Waals surface area contributed by atoms with Crippen LogP contribution in [0.5, 0.6) is 5.75 Å². The Labute approximate surface area is 214 Å². The summed E-state index contributed by atoms with van der Waals surface area (Å²) in [7, 11) is 0. The second-order valence-corrected chi connectivity index (χ2v) is 10.6. The van der Waals surface area contributed by atoms with Crippen LogP contribution in [0.1, 0.15) is 51.4 Å². The van der Waals surface area contributed by atoms with E-state index in [9.17, 15) is 9.59 Å². The third kappa shape index (κ3) is 6.97. The SMILES string of the molecule is Cc1cccc(-n2nc(C(C)(C)C)cc2NC(=O)CN(CC(C)C)C(=O)COc2ccccc2)c1C.